The normalized spacial score (nSPS) is 12.4. The van der Waals surface area contributed by atoms with Gasteiger partial charge in [-0.25, -0.2) is 0 Å². The molecule has 1 heterocycles. The predicted molar refractivity (Wildman–Crippen MR) is 151 cm³/mol. The highest BCUT2D eigenvalue weighted by molar-refractivity contribution is 9.10. The van der Waals surface area contributed by atoms with Crippen molar-refractivity contribution in [2.75, 3.05) is 12.0 Å². The van der Waals surface area contributed by atoms with E-state index < -0.39 is 0 Å². The van der Waals surface area contributed by atoms with Crippen molar-refractivity contribution < 1.29 is 14.3 Å². The van der Waals surface area contributed by atoms with Crippen LogP contribution in [-0.2, 0) is 13.1 Å². The summed E-state index contributed by atoms with van der Waals surface area (Å²) in [5.74, 6) is 0.336. The minimum Gasteiger partial charge on any atom is -0.496 e. The van der Waals surface area contributed by atoms with Gasteiger partial charge in [0.15, 0.2) is 0 Å². The molecule has 0 bridgehead atoms. The number of rotatable bonds is 6. The number of nitrogens with zero attached hydrogens (tertiary/aromatic N) is 1. The number of methoxy groups -OCH3 is 1. The quantitative estimate of drug-likeness (QED) is 0.254. The molecule has 186 valence electrons. The molecule has 0 fully saturated rings. The van der Waals surface area contributed by atoms with Crippen LogP contribution in [0.2, 0.25) is 5.02 Å². The molecule has 0 aliphatic carbocycles. The number of carbonyl (C=O) groups excluding carboxylic acids is 2. The topological polar surface area (TPSA) is 58.6 Å². The highest BCUT2D eigenvalue weighted by Gasteiger charge is 2.28. The van der Waals surface area contributed by atoms with Crippen molar-refractivity contribution in [1.82, 2.24) is 5.32 Å². The number of benzene rings is 4. The Labute approximate surface area is 232 Å². The van der Waals surface area contributed by atoms with Gasteiger partial charge in [-0.3, -0.25) is 9.59 Å². The molecular formula is C29H22BrClN2O3S. The molecule has 0 aromatic heterocycles. The molecule has 0 saturated carbocycles. The lowest BCUT2D eigenvalue weighted by molar-refractivity contribution is 0.0947. The summed E-state index contributed by atoms with van der Waals surface area (Å²) in [4.78, 5) is 30.4. The maximum Gasteiger partial charge on any atom is 0.259 e. The summed E-state index contributed by atoms with van der Waals surface area (Å²) in [6.07, 6.45) is 0. The van der Waals surface area contributed by atoms with Gasteiger partial charge in [-0.15, -0.1) is 0 Å². The third kappa shape index (κ3) is 5.54. The Morgan fingerprint density at radius 3 is 2.57 bits per heavy atom. The average Bonchev–Trinajstić information content (AvgIpc) is 3.02. The summed E-state index contributed by atoms with van der Waals surface area (Å²) < 4.78 is 6.32. The van der Waals surface area contributed by atoms with Gasteiger partial charge in [0.25, 0.3) is 11.8 Å². The fourth-order valence-corrected chi connectivity index (χ4v) is 5.75. The number of ether oxygens (including phenoxy) is 1. The van der Waals surface area contributed by atoms with Gasteiger partial charge in [-0.1, -0.05) is 63.6 Å². The third-order valence-corrected chi connectivity index (χ3v) is 7.92. The van der Waals surface area contributed by atoms with Crippen LogP contribution in [-0.4, -0.2) is 18.9 Å². The molecule has 4 aromatic rings. The van der Waals surface area contributed by atoms with Crippen LogP contribution in [0.5, 0.6) is 5.75 Å². The zero-order chi connectivity index (χ0) is 25.9. The highest BCUT2D eigenvalue weighted by Crippen LogP contribution is 2.42. The maximum atomic E-state index is 13.7. The molecule has 0 saturated heterocycles. The third-order valence-electron chi connectivity index (χ3n) is 6.03. The fraction of sp³-hybridized carbons (Fsp3) is 0.103. The van der Waals surface area contributed by atoms with E-state index in [-0.39, 0.29) is 11.8 Å². The van der Waals surface area contributed by atoms with E-state index in [1.165, 1.54) is 11.8 Å². The molecule has 0 atom stereocenters. The molecule has 5 rings (SSSR count). The molecule has 0 unspecified atom stereocenters. The number of carbonyl (C=O) groups is 2. The van der Waals surface area contributed by atoms with E-state index >= 15 is 0 Å². The number of halogens is 2. The fourth-order valence-electron chi connectivity index (χ4n) is 4.15. The Bertz CT molecular complexity index is 1490. The summed E-state index contributed by atoms with van der Waals surface area (Å²) in [7, 11) is 1.60. The van der Waals surface area contributed by atoms with Crippen LogP contribution in [0, 0.1) is 0 Å². The Morgan fingerprint density at radius 1 is 1.00 bits per heavy atom. The second-order valence-electron chi connectivity index (χ2n) is 8.44. The lowest BCUT2D eigenvalue weighted by Gasteiger charge is -2.24. The molecule has 5 nitrogen and oxygen atoms in total. The molecular weight excluding hydrogens is 572 g/mol. The number of hydrogen-bond donors (Lipinski definition) is 1. The molecule has 1 aliphatic rings. The van der Waals surface area contributed by atoms with Crippen molar-refractivity contribution in [3.63, 3.8) is 0 Å². The van der Waals surface area contributed by atoms with Gasteiger partial charge in [0.05, 0.1) is 24.9 Å². The molecule has 0 radical (unpaired) electrons. The number of amides is 2. The van der Waals surface area contributed by atoms with E-state index in [1.54, 1.807) is 24.1 Å². The van der Waals surface area contributed by atoms with Crippen molar-refractivity contribution in [2.45, 2.75) is 22.9 Å². The van der Waals surface area contributed by atoms with Crippen molar-refractivity contribution in [3.05, 3.63) is 117 Å². The van der Waals surface area contributed by atoms with E-state index in [1.807, 2.05) is 72.8 Å². The SMILES string of the molecule is COc1ccc(Br)cc1CNC(=O)c1ccc2c(c1)N(Cc1ccc(Cl)cc1)C(=O)c1ccccc1S2. The van der Waals surface area contributed by atoms with Gasteiger partial charge < -0.3 is 15.0 Å². The zero-order valence-corrected chi connectivity index (χ0v) is 23.0. The first-order valence-electron chi connectivity index (χ1n) is 11.5. The molecule has 8 heteroatoms. The standard InChI is InChI=1S/C29H22BrClN2O3S/c1-36-25-12-9-21(30)14-20(25)16-32-28(34)19-8-13-27-24(15-19)33(17-18-6-10-22(31)11-7-18)29(35)23-4-2-3-5-26(23)37-27/h2-15H,16-17H2,1H3,(H,32,34). The van der Waals surface area contributed by atoms with Crippen LogP contribution in [0.3, 0.4) is 0 Å². The van der Waals surface area contributed by atoms with Crippen molar-refractivity contribution in [2.24, 2.45) is 0 Å². The minimum absolute atomic E-state index is 0.117. The van der Waals surface area contributed by atoms with E-state index in [0.717, 1.165) is 25.4 Å². The van der Waals surface area contributed by atoms with Crippen LogP contribution in [0.4, 0.5) is 5.69 Å². The van der Waals surface area contributed by atoms with E-state index in [4.69, 9.17) is 16.3 Å². The Hall–Kier alpha value is -3.26. The smallest absolute Gasteiger partial charge is 0.259 e. The van der Waals surface area contributed by atoms with Crippen LogP contribution >= 0.6 is 39.3 Å². The van der Waals surface area contributed by atoms with Crippen LogP contribution in [0.25, 0.3) is 0 Å². The monoisotopic (exact) mass is 592 g/mol. The van der Waals surface area contributed by atoms with Crippen LogP contribution in [0.1, 0.15) is 31.8 Å². The summed E-state index contributed by atoms with van der Waals surface area (Å²) in [5, 5.41) is 3.61. The summed E-state index contributed by atoms with van der Waals surface area (Å²) in [5.41, 5.74) is 3.57. The molecule has 1 aliphatic heterocycles. The van der Waals surface area contributed by atoms with Crippen LogP contribution < -0.4 is 15.0 Å². The Balaban J connectivity index is 1.48. The predicted octanol–water partition coefficient (Wildman–Crippen LogP) is 7.35. The average molecular weight is 594 g/mol. The second kappa shape index (κ2) is 11.0. The first kappa shape index (κ1) is 25.4. The molecule has 2 amide bonds. The minimum atomic E-state index is -0.240. The summed E-state index contributed by atoms with van der Waals surface area (Å²) in [6, 6.07) is 26.1. The number of fused-ring (bicyclic) bond motifs is 2. The first-order chi connectivity index (χ1) is 17.9. The van der Waals surface area contributed by atoms with Crippen molar-refractivity contribution in [1.29, 1.82) is 0 Å². The first-order valence-corrected chi connectivity index (χ1v) is 13.5. The largest absolute Gasteiger partial charge is 0.496 e. The van der Waals surface area contributed by atoms with E-state index in [9.17, 15) is 9.59 Å². The Morgan fingerprint density at radius 2 is 1.78 bits per heavy atom. The summed E-state index contributed by atoms with van der Waals surface area (Å²) >= 11 is 11.1. The van der Waals surface area contributed by atoms with Gasteiger partial charge in [0.1, 0.15) is 5.75 Å². The lowest BCUT2D eigenvalue weighted by atomic mass is 10.1. The van der Waals surface area contributed by atoms with Crippen LogP contribution in [0.15, 0.2) is 99.2 Å². The number of anilines is 1. The highest BCUT2D eigenvalue weighted by atomic mass is 79.9. The van der Waals surface area contributed by atoms with Gasteiger partial charge in [-0.05, 0) is 66.2 Å². The van der Waals surface area contributed by atoms with E-state index in [2.05, 4.69) is 21.2 Å². The zero-order valence-electron chi connectivity index (χ0n) is 19.8. The van der Waals surface area contributed by atoms with Crippen molar-refractivity contribution in [3.8, 4) is 5.75 Å². The van der Waals surface area contributed by atoms with Crippen molar-refractivity contribution >= 4 is 56.8 Å². The Kier molecular flexibility index (Phi) is 7.55. The molecule has 0 spiro atoms. The lowest BCUT2D eigenvalue weighted by Crippen LogP contribution is -2.31. The number of hydrogen-bond acceptors (Lipinski definition) is 4. The molecule has 1 N–H and O–H groups in total. The van der Waals surface area contributed by atoms with Gasteiger partial charge in [0, 0.05) is 37.0 Å². The maximum absolute atomic E-state index is 13.7. The molecule has 4 aromatic carbocycles. The summed E-state index contributed by atoms with van der Waals surface area (Å²) in [6.45, 7) is 0.643. The van der Waals surface area contributed by atoms with Gasteiger partial charge in [-0.2, -0.15) is 0 Å². The van der Waals surface area contributed by atoms with Gasteiger partial charge in [0.2, 0.25) is 0 Å². The van der Waals surface area contributed by atoms with Gasteiger partial charge >= 0.3 is 0 Å². The number of nitrogens with one attached hydrogen (secondary N) is 1. The molecule has 37 heavy (non-hydrogen) atoms. The van der Waals surface area contributed by atoms with E-state index in [0.29, 0.717) is 40.7 Å². The second-order valence-corrected chi connectivity index (χ2v) is 10.9.